The number of nitrogens with two attached hydrogens (primary N) is 1. The van der Waals surface area contributed by atoms with E-state index in [1.165, 1.54) is 0 Å². The van der Waals surface area contributed by atoms with Crippen LogP contribution in [0.25, 0.3) is 0 Å². The van der Waals surface area contributed by atoms with Gasteiger partial charge in [0, 0.05) is 25.1 Å². The Morgan fingerprint density at radius 1 is 1.47 bits per heavy atom. The minimum absolute atomic E-state index is 0.00445. The molecule has 0 aromatic heterocycles. The fourth-order valence-corrected chi connectivity index (χ4v) is 1.79. The summed E-state index contributed by atoms with van der Waals surface area (Å²) in [6, 6.07) is 1.85. The van der Waals surface area contributed by atoms with Gasteiger partial charge in [-0.3, -0.25) is 4.79 Å². The molecule has 1 aromatic rings. The molecule has 1 aliphatic heterocycles. The highest BCUT2D eigenvalue weighted by molar-refractivity contribution is 5.78. The maximum absolute atomic E-state index is 13.1. The first-order valence-electron chi connectivity index (χ1n) is 5.34. The molecule has 1 heterocycles. The molecule has 1 unspecified atom stereocenters. The molecule has 1 atom stereocenters. The summed E-state index contributed by atoms with van der Waals surface area (Å²) in [5, 5.41) is 5.58. The third-order valence-electron chi connectivity index (χ3n) is 2.72. The summed E-state index contributed by atoms with van der Waals surface area (Å²) in [5.74, 6) is -1.48. The van der Waals surface area contributed by atoms with Crippen LogP contribution in [0.3, 0.4) is 0 Å². The second kappa shape index (κ2) is 4.57. The monoisotopic (exact) mass is 241 g/mol. The maximum atomic E-state index is 13.1. The Kier molecular flexibility index (Phi) is 3.12. The van der Waals surface area contributed by atoms with Crippen LogP contribution >= 0.6 is 0 Å². The van der Waals surface area contributed by atoms with E-state index in [1.807, 2.05) is 0 Å². The highest BCUT2D eigenvalue weighted by Gasteiger charge is 2.20. The molecule has 0 bridgehead atoms. The van der Waals surface area contributed by atoms with Crippen molar-refractivity contribution in [3.63, 3.8) is 0 Å². The Hall–Kier alpha value is -1.85. The van der Waals surface area contributed by atoms with E-state index < -0.39 is 11.6 Å². The first-order valence-corrected chi connectivity index (χ1v) is 5.34. The molecule has 4 nitrogen and oxygen atoms in total. The Bertz CT molecular complexity index is 451. The molecule has 6 heteroatoms. The predicted octanol–water partition coefficient (Wildman–Crippen LogP) is 1.24. The molecule has 1 aromatic carbocycles. The van der Waals surface area contributed by atoms with Crippen molar-refractivity contribution in [3.05, 3.63) is 23.8 Å². The van der Waals surface area contributed by atoms with Crippen LogP contribution in [0.5, 0.6) is 0 Å². The van der Waals surface area contributed by atoms with E-state index in [1.54, 1.807) is 0 Å². The van der Waals surface area contributed by atoms with Crippen molar-refractivity contribution >= 4 is 17.3 Å². The molecule has 1 saturated heterocycles. The molecule has 4 N–H and O–H groups in total. The second-order valence-electron chi connectivity index (χ2n) is 4.03. The largest absolute Gasteiger partial charge is 0.395 e. The van der Waals surface area contributed by atoms with Crippen LogP contribution in [-0.4, -0.2) is 18.5 Å². The standard InChI is InChI=1S/C11H13F2N3O/c12-6-3-8(13)11(14)9(4-6)15-5-7-1-2-10(17)16-7/h3-4,7,15H,1-2,5,14H2,(H,16,17). The van der Waals surface area contributed by atoms with Crippen LogP contribution in [0.4, 0.5) is 20.2 Å². The number of carbonyl (C=O) groups excluding carboxylic acids is 1. The van der Waals surface area contributed by atoms with E-state index in [-0.39, 0.29) is 23.3 Å². The van der Waals surface area contributed by atoms with Crippen molar-refractivity contribution in [2.24, 2.45) is 0 Å². The van der Waals surface area contributed by atoms with Crippen molar-refractivity contribution in [1.29, 1.82) is 0 Å². The molecule has 0 aliphatic carbocycles. The lowest BCUT2D eigenvalue weighted by molar-refractivity contribution is -0.119. The van der Waals surface area contributed by atoms with Crippen LogP contribution in [0.15, 0.2) is 12.1 Å². The van der Waals surface area contributed by atoms with E-state index in [4.69, 9.17) is 5.73 Å². The molecule has 1 fully saturated rings. The number of amides is 1. The van der Waals surface area contributed by atoms with Gasteiger partial charge < -0.3 is 16.4 Å². The zero-order chi connectivity index (χ0) is 12.4. The minimum Gasteiger partial charge on any atom is -0.395 e. The second-order valence-corrected chi connectivity index (χ2v) is 4.03. The van der Waals surface area contributed by atoms with E-state index in [0.29, 0.717) is 19.4 Å². The Labute approximate surface area is 97.2 Å². The van der Waals surface area contributed by atoms with Gasteiger partial charge in [0.05, 0.1) is 11.4 Å². The normalized spacial score (nSPS) is 19.2. The first-order chi connectivity index (χ1) is 8.06. The zero-order valence-corrected chi connectivity index (χ0v) is 9.09. The summed E-state index contributed by atoms with van der Waals surface area (Å²) in [5.41, 5.74) is 5.57. The van der Waals surface area contributed by atoms with Gasteiger partial charge in [0.15, 0.2) is 5.82 Å². The Morgan fingerprint density at radius 3 is 2.88 bits per heavy atom. The number of benzene rings is 1. The Balaban J connectivity index is 2.01. The van der Waals surface area contributed by atoms with Crippen LogP contribution < -0.4 is 16.4 Å². The van der Waals surface area contributed by atoms with E-state index >= 15 is 0 Å². The minimum atomic E-state index is -0.789. The quantitative estimate of drug-likeness (QED) is 0.697. The van der Waals surface area contributed by atoms with E-state index in [2.05, 4.69) is 10.6 Å². The van der Waals surface area contributed by atoms with Gasteiger partial charge >= 0.3 is 0 Å². The van der Waals surface area contributed by atoms with Crippen LogP contribution in [0, 0.1) is 11.6 Å². The Morgan fingerprint density at radius 2 is 2.24 bits per heavy atom. The van der Waals surface area contributed by atoms with Gasteiger partial charge in [-0.05, 0) is 12.5 Å². The summed E-state index contributed by atoms with van der Waals surface area (Å²) < 4.78 is 26.1. The summed E-state index contributed by atoms with van der Waals surface area (Å²) in [7, 11) is 0. The predicted molar refractivity (Wildman–Crippen MR) is 60.4 cm³/mol. The lowest BCUT2D eigenvalue weighted by Crippen LogP contribution is -2.32. The number of rotatable bonds is 3. The molecule has 0 spiro atoms. The number of nitrogens with one attached hydrogen (secondary N) is 2. The maximum Gasteiger partial charge on any atom is 0.220 e. The third kappa shape index (κ3) is 2.64. The van der Waals surface area contributed by atoms with Crippen molar-refractivity contribution in [2.45, 2.75) is 18.9 Å². The summed E-state index contributed by atoms with van der Waals surface area (Å²) in [6.45, 7) is 0.402. The van der Waals surface area contributed by atoms with Crippen molar-refractivity contribution in [1.82, 2.24) is 5.32 Å². The summed E-state index contributed by atoms with van der Waals surface area (Å²) in [6.07, 6.45) is 1.20. The molecule has 17 heavy (non-hydrogen) atoms. The van der Waals surface area contributed by atoms with Crippen LogP contribution in [0.2, 0.25) is 0 Å². The SMILES string of the molecule is Nc1c(F)cc(F)cc1NCC1CCC(=O)N1. The molecule has 92 valence electrons. The van der Waals surface area contributed by atoms with Gasteiger partial charge in [-0.1, -0.05) is 0 Å². The average molecular weight is 241 g/mol. The van der Waals surface area contributed by atoms with E-state index in [0.717, 1.165) is 12.1 Å². The first kappa shape index (κ1) is 11.6. The fourth-order valence-electron chi connectivity index (χ4n) is 1.79. The number of hydrogen-bond acceptors (Lipinski definition) is 3. The molecule has 1 aliphatic rings. The third-order valence-corrected chi connectivity index (χ3v) is 2.72. The lowest BCUT2D eigenvalue weighted by atomic mass is 10.2. The van der Waals surface area contributed by atoms with Gasteiger partial charge in [-0.15, -0.1) is 0 Å². The number of anilines is 2. The van der Waals surface area contributed by atoms with Crippen molar-refractivity contribution in [2.75, 3.05) is 17.6 Å². The molecular formula is C11H13F2N3O. The highest BCUT2D eigenvalue weighted by Crippen LogP contribution is 2.23. The zero-order valence-electron chi connectivity index (χ0n) is 9.09. The molecular weight excluding hydrogens is 228 g/mol. The number of carbonyl (C=O) groups is 1. The average Bonchev–Trinajstić information content (AvgIpc) is 2.67. The van der Waals surface area contributed by atoms with Gasteiger partial charge in [0.2, 0.25) is 5.91 Å². The number of nitrogen functional groups attached to an aromatic ring is 1. The lowest BCUT2D eigenvalue weighted by Gasteiger charge is -2.14. The number of halogens is 2. The van der Waals surface area contributed by atoms with Crippen LogP contribution in [0.1, 0.15) is 12.8 Å². The summed E-state index contributed by atoms with van der Waals surface area (Å²) >= 11 is 0. The molecule has 1 amide bonds. The van der Waals surface area contributed by atoms with Crippen molar-refractivity contribution < 1.29 is 13.6 Å². The summed E-state index contributed by atoms with van der Waals surface area (Å²) in [4.78, 5) is 11.0. The van der Waals surface area contributed by atoms with Crippen LogP contribution in [-0.2, 0) is 4.79 Å². The van der Waals surface area contributed by atoms with Gasteiger partial charge in [-0.2, -0.15) is 0 Å². The van der Waals surface area contributed by atoms with Gasteiger partial charge in [-0.25, -0.2) is 8.78 Å². The van der Waals surface area contributed by atoms with Gasteiger partial charge in [0.1, 0.15) is 5.82 Å². The van der Waals surface area contributed by atoms with Gasteiger partial charge in [0.25, 0.3) is 0 Å². The molecule has 0 saturated carbocycles. The smallest absolute Gasteiger partial charge is 0.220 e. The van der Waals surface area contributed by atoms with Crippen molar-refractivity contribution in [3.8, 4) is 0 Å². The molecule has 0 radical (unpaired) electrons. The topological polar surface area (TPSA) is 67.1 Å². The fraction of sp³-hybridized carbons (Fsp3) is 0.364. The number of hydrogen-bond donors (Lipinski definition) is 3. The highest BCUT2D eigenvalue weighted by atomic mass is 19.1. The van der Waals surface area contributed by atoms with E-state index in [9.17, 15) is 13.6 Å². The molecule has 2 rings (SSSR count).